The first-order chi connectivity index (χ1) is 7.13. The Balaban J connectivity index is 0. The van der Waals surface area contributed by atoms with Crippen molar-refractivity contribution in [2.24, 2.45) is 0 Å². The van der Waals surface area contributed by atoms with Gasteiger partial charge in [-0.25, -0.2) is 0 Å². The summed E-state index contributed by atoms with van der Waals surface area (Å²) < 4.78 is 4.90. The van der Waals surface area contributed by atoms with Crippen molar-refractivity contribution in [1.82, 2.24) is 0 Å². The maximum absolute atomic E-state index is 8.69. The van der Waals surface area contributed by atoms with Crippen molar-refractivity contribution in [3.8, 4) is 0 Å². The lowest BCUT2D eigenvalue weighted by Gasteiger charge is -2.06. The van der Waals surface area contributed by atoms with Gasteiger partial charge in [0, 0.05) is 0 Å². The molecule has 0 aromatic carbocycles. The number of hydrogen-bond donors (Lipinski definition) is 2. The third-order valence-electron chi connectivity index (χ3n) is 1.30. The Morgan fingerprint density at radius 1 is 0.867 bits per heavy atom. The van der Waals surface area contributed by atoms with Gasteiger partial charge in [0.2, 0.25) is 0 Å². The van der Waals surface area contributed by atoms with Crippen LogP contribution in [0.4, 0.5) is 0 Å². The molecule has 0 aliphatic heterocycles. The van der Waals surface area contributed by atoms with Gasteiger partial charge in [-0.05, 0) is 0 Å². The fourth-order valence-corrected chi connectivity index (χ4v) is 0.514. The molecule has 15 heavy (non-hydrogen) atoms. The zero-order chi connectivity index (χ0) is 12.1. The van der Waals surface area contributed by atoms with E-state index in [1.165, 1.54) is 12.2 Å². The Labute approximate surface area is 91.7 Å². The van der Waals surface area contributed by atoms with Crippen LogP contribution >= 0.6 is 0 Å². The lowest BCUT2D eigenvalue weighted by Crippen LogP contribution is -2.20. The third kappa shape index (κ3) is 12.8. The summed E-state index contributed by atoms with van der Waals surface area (Å²) in [6.07, 6.45) is 4.17. The summed E-state index contributed by atoms with van der Waals surface area (Å²) in [7, 11) is 0. The summed E-state index contributed by atoms with van der Waals surface area (Å²) in [4.78, 5) is 0. The van der Waals surface area contributed by atoms with E-state index in [9.17, 15) is 0 Å². The minimum Gasteiger partial charge on any atom is -0.386 e. The van der Waals surface area contributed by atoms with Gasteiger partial charge in [-0.1, -0.05) is 24.3 Å². The van der Waals surface area contributed by atoms with Crippen molar-refractivity contribution in [1.29, 1.82) is 0 Å². The maximum atomic E-state index is 8.69. The van der Waals surface area contributed by atoms with E-state index >= 15 is 0 Å². The van der Waals surface area contributed by atoms with E-state index in [0.717, 1.165) is 0 Å². The van der Waals surface area contributed by atoms with Gasteiger partial charge in [-0.15, -0.1) is 26.3 Å². The van der Waals surface area contributed by atoms with E-state index in [4.69, 9.17) is 14.9 Å². The molecular formula is C12H20O3. The van der Waals surface area contributed by atoms with Crippen LogP contribution in [-0.2, 0) is 4.74 Å². The largest absolute Gasteiger partial charge is 0.386 e. The first-order valence-electron chi connectivity index (χ1n) is 4.54. The molecule has 0 radical (unpaired) electrons. The highest BCUT2D eigenvalue weighted by molar-refractivity contribution is 4.93. The Bertz CT molecular complexity index is 167. The molecule has 2 N–H and O–H groups in total. The van der Waals surface area contributed by atoms with Crippen LogP contribution in [0.5, 0.6) is 0 Å². The predicted octanol–water partition coefficient (Wildman–Crippen LogP) is 1.46. The summed E-state index contributed by atoms with van der Waals surface area (Å²) in [5, 5.41) is 17.4. The van der Waals surface area contributed by atoms with Crippen LogP contribution in [0.3, 0.4) is 0 Å². The number of rotatable bonds is 7. The second kappa shape index (κ2) is 12.8. The average molecular weight is 212 g/mol. The summed E-state index contributed by atoms with van der Waals surface area (Å²) in [5.74, 6) is 0. The molecule has 2 atom stereocenters. The van der Waals surface area contributed by atoms with Crippen molar-refractivity contribution >= 4 is 0 Å². The maximum Gasteiger partial charge on any atom is 0.101 e. The van der Waals surface area contributed by atoms with Crippen molar-refractivity contribution in [3.05, 3.63) is 50.6 Å². The predicted molar refractivity (Wildman–Crippen MR) is 63.6 cm³/mol. The fraction of sp³-hybridized carbons (Fsp3) is 0.333. The van der Waals surface area contributed by atoms with Crippen LogP contribution in [0, 0.1) is 0 Å². The summed E-state index contributed by atoms with van der Waals surface area (Å²) in [6.45, 7) is 14.7. The first-order valence-corrected chi connectivity index (χ1v) is 4.54. The molecule has 2 unspecified atom stereocenters. The van der Waals surface area contributed by atoms with Crippen LogP contribution in [-0.4, -0.2) is 35.6 Å². The van der Waals surface area contributed by atoms with E-state index in [1.807, 2.05) is 0 Å². The molecule has 0 bridgehead atoms. The SMILES string of the molecule is C=CC(O)C(O)C=C.C=CCOCC=C. The first kappa shape index (κ1) is 16.3. The molecule has 3 nitrogen and oxygen atoms in total. The normalized spacial score (nSPS) is 12.7. The Hall–Kier alpha value is -1.16. The third-order valence-corrected chi connectivity index (χ3v) is 1.30. The molecule has 0 spiro atoms. The molecular weight excluding hydrogens is 192 g/mol. The fourth-order valence-electron chi connectivity index (χ4n) is 0.514. The minimum absolute atomic E-state index is 0.617. The smallest absolute Gasteiger partial charge is 0.101 e. The van der Waals surface area contributed by atoms with E-state index in [1.54, 1.807) is 12.2 Å². The minimum atomic E-state index is -0.882. The van der Waals surface area contributed by atoms with Gasteiger partial charge in [-0.2, -0.15) is 0 Å². The summed E-state index contributed by atoms with van der Waals surface area (Å²) in [6, 6.07) is 0. The molecule has 86 valence electrons. The molecule has 0 saturated heterocycles. The number of hydrogen-bond acceptors (Lipinski definition) is 3. The van der Waals surface area contributed by atoms with Crippen molar-refractivity contribution < 1.29 is 14.9 Å². The molecule has 0 aromatic heterocycles. The molecule has 0 amide bonds. The highest BCUT2D eigenvalue weighted by Gasteiger charge is 2.05. The number of ether oxygens (including phenoxy) is 1. The molecule has 0 aliphatic rings. The quantitative estimate of drug-likeness (QED) is 0.496. The van der Waals surface area contributed by atoms with Crippen LogP contribution < -0.4 is 0 Å². The average Bonchev–Trinajstić information content (AvgIpc) is 2.28. The van der Waals surface area contributed by atoms with Crippen LogP contribution in [0.15, 0.2) is 50.6 Å². The van der Waals surface area contributed by atoms with E-state index in [2.05, 4.69) is 26.3 Å². The molecule has 0 saturated carbocycles. The molecule has 0 heterocycles. The van der Waals surface area contributed by atoms with Crippen LogP contribution in [0.25, 0.3) is 0 Å². The molecule has 0 fully saturated rings. The second-order valence-corrected chi connectivity index (χ2v) is 2.57. The molecule has 0 rings (SSSR count). The van der Waals surface area contributed by atoms with Crippen LogP contribution in [0.2, 0.25) is 0 Å². The van der Waals surface area contributed by atoms with E-state index in [0.29, 0.717) is 13.2 Å². The lowest BCUT2D eigenvalue weighted by atomic mass is 10.2. The van der Waals surface area contributed by atoms with Gasteiger partial charge in [0.15, 0.2) is 0 Å². The van der Waals surface area contributed by atoms with Crippen molar-refractivity contribution in [3.63, 3.8) is 0 Å². The van der Waals surface area contributed by atoms with Gasteiger partial charge in [-0.3, -0.25) is 0 Å². The lowest BCUT2D eigenvalue weighted by molar-refractivity contribution is 0.0813. The molecule has 0 aliphatic carbocycles. The Morgan fingerprint density at radius 3 is 1.40 bits per heavy atom. The monoisotopic (exact) mass is 212 g/mol. The highest BCUT2D eigenvalue weighted by Crippen LogP contribution is 1.93. The summed E-state index contributed by atoms with van der Waals surface area (Å²) in [5.41, 5.74) is 0. The highest BCUT2D eigenvalue weighted by atomic mass is 16.5. The number of aliphatic hydroxyl groups excluding tert-OH is 2. The zero-order valence-corrected chi connectivity index (χ0v) is 9.01. The number of aliphatic hydroxyl groups is 2. The molecule has 0 aromatic rings. The van der Waals surface area contributed by atoms with Gasteiger partial charge in [0.25, 0.3) is 0 Å². The van der Waals surface area contributed by atoms with Crippen LogP contribution in [0.1, 0.15) is 0 Å². The van der Waals surface area contributed by atoms with E-state index < -0.39 is 12.2 Å². The van der Waals surface area contributed by atoms with Crippen molar-refractivity contribution in [2.75, 3.05) is 13.2 Å². The van der Waals surface area contributed by atoms with Gasteiger partial charge in [0.1, 0.15) is 12.2 Å². The Kier molecular flexibility index (Phi) is 13.9. The molecule has 3 heteroatoms. The second-order valence-electron chi connectivity index (χ2n) is 2.57. The Morgan fingerprint density at radius 2 is 1.20 bits per heavy atom. The van der Waals surface area contributed by atoms with Gasteiger partial charge in [0.05, 0.1) is 13.2 Å². The zero-order valence-electron chi connectivity index (χ0n) is 9.01. The van der Waals surface area contributed by atoms with Gasteiger partial charge >= 0.3 is 0 Å². The van der Waals surface area contributed by atoms with Crippen molar-refractivity contribution in [2.45, 2.75) is 12.2 Å². The van der Waals surface area contributed by atoms with E-state index in [-0.39, 0.29) is 0 Å². The summed E-state index contributed by atoms with van der Waals surface area (Å²) >= 11 is 0. The standard InChI is InChI=1S/C6H10O2.C6H10O/c1-3-5(7)6(8)4-2;1-3-5-7-6-4-2/h3-8H,1-2H2;3-4H,1-2,5-6H2. The van der Waals surface area contributed by atoms with Gasteiger partial charge < -0.3 is 14.9 Å². The topological polar surface area (TPSA) is 49.7 Å².